The fraction of sp³-hybridized carbons (Fsp3) is 0.917. The van der Waals surface area contributed by atoms with Crippen LogP contribution < -0.4 is 5.73 Å². The van der Waals surface area contributed by atoms with Crippen LogP contribution in [0.2, 0.25) is 0 Å². The number of rotatable bonds is 10. The topological polar surface area (TPSA) is 67.8 Å². The van der Waals surface area contributed by atoms with Crippen molar-refractivity contribution in [3.8, 4) is 0 Å². The maximum atomic E-state index is 8.44. The van der Waals surface area contributed by atoms with E-state index in [-0.39, 0.29) is 11.8 Å². The van der Waals surface area contributed by atoms with E-state index in [1.807, 2.05) is 6.92 Å². The summed E-state index contributed by atoms with van der Waals surface area (Å²) in [4.78, 5) is 0. The first kappa shape index (κ1) is 15.2. The fourth-order valence-corrected chi connectivity index (χ4v) is 1.43. The van der Waals surface area contributed by atoms with Crippen molar-refractivity contribution in [2.24, 2.45) is 16.8 Å². The average molecular weight is 230 g/mol. The van der Waals surface area contributed by atoms with Gasteiger partial charge >= 0.3 is 0 Å². The molecule has 0 aromatic carbocycles. The van der Waals surface area contributed by atoms with E-state index in [1.165, 1.54) is 32.1 Å². The van der Waals surface area contributed by atoms with Crippen LogP contribution >= 0.6 is 0 Å². The highest BCUT2D eigenvalue weighted by Gasteiger charge is 2.06. The molecule has 0 aliphatic rings. The summed E-state index contributed by atoms with van der Waals surface area (Å²) < 4.78 is 5.45. The number of oxime groups is 1. The molecule has 0 heterocycles. The lowest BCUT2D eigenvalue weighted by atomic mass is 10.1. The molecule has 0 saturated heterocycles. The van der Waals surface area contributed by atoms with Gasteiger partial charge in [-0.3, -0.25) is 0 Å². The smallest absolute Gasteiger partial charge is 0.144 e. The molecule has 1 atom stereocenters. The highest BCUT2D eigenvalue weighted by Crippen LogP contribution is 2.05. The third-order valence-corrected chi connectivity index (χ3v) is 2.63. The molecule has 0 aliphatic carbocycles. The minimum absolute atomic E-state index is 0.00917. The summed E-state index contributed by atoms with van der Waals surface area (Å²) in [6.07, 6.45) is 7.59. The molecule has 96 valence electrons. The Bertz CT molecular complexity index is 184. The molecule has 4 nitrogen and oxygen atoms in total. The highest BCUT2D eigenvalue weighted by atomic mass is 16.5. The summed E-state index contributed by atoms with van der Waals surface area (Å²) in [6, 6.07) is 0. The van der Waals surface area contributed by atoms with E-state index >= 15 is 0 Å². The van der Waals surface area contributed by atoms with Gasteiger partial charge in [0.2, 0.25) is 0 Å². The van der Waals surface area contributed by atoms with Gasteiger partial charge in [-0.2, -0.15) is 0 Å². The number of hydrogen-bond donors (Lipinski definition) is 2. The Morgan fingerprint density at radius 3 is 2.50 bits per heavy atom. The van der Waals surface area contributed by atoms with Gasteiger partial charge in [0.05, 0.1) is 6.61 Å². The first-order valence-corrected chi connectivity index (χ1v) is 6.27. The zero-order valence-electron chi connectivity index (χ0n) is 10.6. The Kier molecular flexibility index (Phi) is 10.2. The van der Waals surface area contributed by atoms with Crippen molar-refractivity contribution in [2.45, 2.75) is 52.4 Å². The van der Waals surface area contributed by atoms with Gasteiger partial charge in [0, 0.05) is 12.5 Å². The maximum Gasteiger partial charge on any atom is 0.144 e. The summed E-state index contributed by atoms with van der Waals surface area (Å²) in [5, 5.41) is 11.4. The van der Waals surface area contributed by atoms with Crippen molar-refractivity contribution in [1.82, 2.24) is 0 Å². The second-order valence-electron chi connectivity index (χ2n) is 4.27. The molecule has 0 aliphatic heterocycles. The summed E-state index contributed by atoms with van der Waals surface area (Å²) in [6.45, 7) is 5.41. The van der Waals surface area contributed by atoms with Gasteiger partial charge in [-0.15, -0.1) is 0 Å². The van der Waals surface area contributed by atoms with E-state index in [9.17, 15) is 0 Å². The van der Waals surface area contributed by atoms with Crippen molar-refractivity contribution in [1.29, 1.82) is 0 Å². The Morgan fingerprint density at radius 1 is 1.25 bits per heavy atom. The second kappa shape index (κ2) is 10.7. The van der Waals surface area contributed by atoms with Crippen LogP contribution in [0, 0.1) is 5.92 Å². The Balaban J connectivity index is 3.21. The lowest BCUT2D eigenvalue weighted by Crippen LogP contribution is -2.25. The molecule has 0 aromatic rings. The molecule has 0 saturated carbocycles. The first-order valence-electron chi connectivity index (χ1n) is 6.27. The molecule has 16 heavy (non-hydrogen) atoms. The molecule has 0 bridgehead atoms. The molecular weight excluding hydrogens is 204 g/mol. The number of unbranched alkanes of at least 4 members (excludes halogenated alkanes) is 5. The zero-order valence-corrected chi connectivity index (χ0v) is 10.6. The lowest BCUT2D eigenvalue weighted by Gasteiger charge is -2.10. The molecule has 0 spiro atoms. The summed E-state index contributed by atoms with van der Waals surface area (Å²) in [5.74, 6) is 0.230. The molecule has 4 heteroatoms. The molecule has 1 unspecified atom stereocenters. The van der Waals surface area contributed by atoms with Crippen LogP contribution in [-0.4, -0.2) is 24.3 Å². The van der Waals surface area contributed by atoms with Crippen molar-refractivity contribution in [3.63, 3.8) is 0 Å². The Morgan fingerprint density at radius 2 is 1.88 bits per heavy atom. The van der Waals surface area contributed by atoms with Crippen LogP contribution in [0.3, 0.4) is 0 Å². The summed E-state index contributed by atoms with van der Waals surface area (Å²) in [5.41, 5.74) is 5.43. The van der Waals surface area contributed by atoms with E-state index in [4.69, 9.17) is 15.7 Å². The SMILES string of the molecule is CCCCCCCCOCC(C)/C(N)=N/O. The minimum Gasteiger partial charge on any atom is -0.409 e. The number of ether oxygens (including phenoxy) is 1. The second-order valence-corrected chi connectivity index (χ2v) is 4.27. The highest BCUT2D eigenvalue weighted by molar-refractivity contribution is 5.81. The summed E-state index contributed by atoms with van der Waals surface area (Å²) >= 11 is 0. The molecule has 3 N–H and O–H groups in total. The number of nitrogens with zero attached hydrogens (tertiary/aromatic N) is 1. The van der Waals surface area contributed by atoms with Crippen LogP contribution in [0.15, 0.2) is 5.16 Å². The fourth-order valence-electron chi connectivity index (χ4n) is 1.43. The van der Waals surface area contributed by atoms with Crippen LogP contribution in [0.4, 0.5) is 0 Å². The van der Waals surface area contributed by atoms with Gasteiger partial charge in [-0.25, -0.2) is 0 Å². The van der Waals surface area contributed by atoms with E-state index in [2.05, 4.69) is 12.1 Å². The average Bonchev–Trinajstić information content (AvgIpc) is 2.31. The van der Waals surface area contributed by atoms with Gasteiger partial charge in [-0.05, 0) is 6.42 Å². The van der Waals surface area contributed by atoms with Gasteiger partial charge in [-0.1, -0.05) is 51.1 Å². The molecular formula is C12H26N2O2. The Hall–Kier alpha value is -0.770. The van der Waals surface area contributed by atoms with Crippen molar-refractivity contribution in [3.05, 3.63) is 0 Å². The predicted molar refractivity (Wildman–Crippen MR) is 66.8 cm³/mol. The van der Waals surface area contributed by atoms with E-state index < -0.39 is 0 Å². The van der Waals surface area contributed by atoms with Crippen LogP contribution in [-0.2, 0) is 4.74 Å². The molecule has 0 amide bonds. The zero-order chi connectivity index (χ0) is 12.2. The number of hydrogen-bond acceptors (Lipinski definition) is 3. The third kappa shape index (κ3) is 8.53. The molecule has 0 radical (unpaired) electrons. The van der Waals surface area contributed by atoms with Gasteiger partial charge in [0.15, 0.2) is 0 Å². The third-order valence-electron chi connectivity index (χ3n) is 2.63. The van der Waals surface area contributed by atoms with Crippen LogP contribution in [0.25, 0.3) is 0 Å². The van der Waals surface area contributed by atoms with E-state index in [1.54, 1.807) is 0 Å². The largest absolute Gasteiger partial charge is 0.409 e. The molecule has 0 fully saturated rings. The van der Waals surface area contributed by atoms with E-state index in [0.717, 1.165) is 13.0 Å². The van der Waals surface area contributed by atoms with Gasteiger partial charge in [0.1, 0.15) is 5.84 Å². The van der Waals surface area contributed by atoms with Crippen LogP contribution in [0.5, 0.6) is 0 Å². The minimum atomic E-state index is -0.00917. The monoisotopic (exact) mass is 230 g/mol. The Labute approximate surface area is 98.9 Å². The summed E-state index contributed by atoms with van der Waals surface area (Å²) in [7, 11) is 0. The van der Waals surface area contributed by atoms with Crippen molar-refractivity contribution >= 4 is 5.84 Å². The van der Waals surface area contributed by atoms with Crippen LogP contribution in [0.1, 0.15) is 52.4 Å². The van der Waals surface area contributed by atoms with E-state index in [0.29, 0.717) is 6.61 Å². The predicted octanol–water partition coefficient (Wildman–Crippen LogP) is 2.75. The normalized spacial score (nSPS) is 14.0. The number of nitrogens with two attached hydrogens (primary N) is 1. The van der Waals surface area contributed by atoms with Gasteiger partial charge < -0.3 is 15.7 Å². The van der Waals surface area contributed by atoms with Gasteiger partial charge in [0.25, 0.3) is 0 Å². The number of amidine groups is 1. The van der Waals surface area contributed by atoms with Crippen molar-refractivity contribution in [2.75, 3.05) is 13.2 Å². The maximum absolute atomic E-state index is 8.44. The van der Waals surface area contributed by atoms with Crippen molar-refractivity contribution < 1.29 is 9.94 Å². The quantitative estimate of drug-likeness (QED) is 0.199. The standard InChI is InChI=1S/C12H26N2O2/c1-3-4-5-6-7-8-9-16-10-11(2)12(13)14-15/h11,15H,3-10H2,1-2H3,(H2,13,14). The molecule has 0 rings (SSSR count). The lowest BCUT2D eigenvalue weighted by molar-refractivity contribution is 0.116. The molecule has 0 aromatic heterocycles. The first-order chi connectivity index (χ1) is 7.72.